The van der Waals surface area contributed by atoms with Crippen LogP contribution in [-0.4, -0.2) is 21.1 Å². The third-order valence-electron chi connectivity index (χ3n) is 2.86. The third-order valence-corrected chi connectivity index (χ3v) is 2.86. The Bertz CT molecular complexity index is 414. The van der Waals surface area contributed by atoms with Gasteiger partial charge in [-0.05, 0) is 19.8 Å². The summed E-state index contributed by atoms with van der Waals surface area (Å²) >= 11 is 0. The zero-order valence-corrected chi connectivity index (χ0v) is 9.91. The summed E-state index contributed by atoms with van der Waals surface area (Å²) in [5.74, 6) is 0. The SMILES string of the molecule is C[C@H]1C=CCC[C@@H](c2c(N([O-])O)cnn2C)O1. The van der Waals surface area contributed by atoms with Crippen molar-refractivity contribution in [1.82, 2.24) is 9.78 Å². The Morgan fingerprint density at radius 1 is 1.65 bits per heavy atom. The molecule has 2 rings (SSSR count). The summed E-state index contributed by atoms with van der Waals surface area (Å²) in [6, 6.07) is 0. The summed E-state index contributed by atoms with van der Waals surface area (Å²) < 4.78 is 7.37. The number of allylic oxidation sites excluding steroid dienone is 1. The van der Waals surface area contributed by atoms with Gasteiger partial charge in [0.25, 0.3) is 0 Å². The molecule has 1 aromatic rings. The zero-order valence-electron chi connectivity index (χ0n) is 9.91. The van der Waals surface area contributed by atoms with E-state index in [0.717, 1.165) is 12.8 Å². The summed E-state index contributed by atoms with van der Waals surface area (Å²) in [5.41, 5.74) is 0.754. The van der Waals surface area contributed by atoms with Crippen LogP contribution in [0.1, 0.15) is 31.6 Å². The molecule has 0 unspecified atom stereocenters. The number of aromatic nitrogens is 2. The van der Waals surface area contributed by atoms with Gasteiger partial charge in [-0.2, -0.15) is 5.10 Å². The van der Waals surface area contributed by atoms with Crippen LogP contribution in [0, 0.1) is 5.21 Å². The second kappa shape index (κ2) is 4.87. The van der Waals surface area contributed by atoms with Crippen LogP contribution in [0.3, 0.4) is 0 Å². The summed E-state index contributed by atoms with van der Waals surface area (Å²) in [7, 11) is 1.73. The first kappa shape index (κ1) is 12.1. The molecular weight excluding hydrogens is 222 g/mol. The molecule has 0 saturated carbocycles. The highest BCUT2D eigenvalue weighted by Gasteiger charge is 2.23. The fourth-order valence-corrected chi connectivity index (χ4v) is 2.07. The van der Waals surface area contributed by atoms with Crippen LogP contribution in [-0.2, 0) is 11.8 Å². The van der Waals surface area contributed by atoms with Gasteiger partial charge in [-0.3, -0.25) is 9.89 Å². The highest BCUT2D eigenvalue weighted by atomic mass is 16.8. The predicted molar refractivity (Wildman–Crippen MR) is 62.5 cm³/mol. The number of anilines is 1. The van der Waals surface area contributed by atoms with E-state index in [4.69, 9.17) is 9.94 Å². The van der Waals surface area contributed by atoms with Gasteiger partial charge in [0.15, 0.2) is 0 Å². The molecule has 2 atom stereocenters. The standard InChI is InChI=1S/C11H16N3O3/c1-8-5-3-4-6-10(17-8)11-9(14(15)16)7-12-13(11)2/h3,5,7-8,10,15H,4,6H2,1-2H3/q-1/t8-,10-/m0/s1. The molecule has 0 aliphatic carbocycles. The molecule has 0 aromatic carbocycles. The first-order valence-electron chi connectivity index (χ1n) is 5.59. The van der Waals surface area contributed by atoms with Crippen molar-refractivity contribution in [3.05, 3.63) is 29.3 Å². The molecule has 0 radical (unpaired) electrons. The fraction of sp³-hybridized carbons (Fsp3) is 0.545. The maximum Gasteiger partial charge on any atom is 0.102 e. The molecule has 1 aliphatic rings. The number of hydrogen-bond donors (Lipinski definition) is 1. The average molecular weight is 238 g/mol. The van der Waals surface area contributed by atoms with Crippen molar-refractivity contribution >= 4 is 5.69 Å². The Balaban J connectivity index is 2.29. The molecule has 6 nitrogen and oxygen atoms in total. The van der Waals surface area contributed by atoms with E-state index in [1.165, 1.54) is 6.20 Å². The number of ether oxygens (including phenoxy) is 1. The van der Waals surface area contributed by atoms with Crippen molar-refractivity contribution in [2.24, 2.45) is 7.05 Å². The first-order chi connectivity index (χ1) is 8.09. The van der Waals surface area contributed by atoms with Crippen molar-refractivity contribution < 1.29 is 9.94 Å². The van der Waals surface area contributed by atoms with E-state index in [0.29, 0.717) is 5.69 Å². The van der Waals surface area contributed by atoms with Gasteiger partial charge in [0.05, 0.1) is 23.7 Å². The maximum atomic E-state index is 11.0. The van der Waals surface area contributed by atoms with Gasteiger partial charge in [0.2, 0.25) is 0 Å². The van der Waals surface area contributed by atoms with Gasteiger partial charge < -0.3 is 15.2 Å². The van der Waals surface area contributed by atoms with E-state index < -0.39 is 0 Å². The van der Waals surface area contributed by atoms with Gasteiger partial charge >= 0.3 is 0 Å². The summed E-state index contributed by atoms with van der Waals surface area (Å²) in [4.78, 5) is 0. The Morgan fingerprint density at radius 2 is 2.41 bits per heavy atom. The van der Waals surface area contributed by atoms with Crippen LogP contribution in [0.15, 0.2) is 18.3 Å². The Labute approximate surface area is 99.6 Å². The van der Waals surface area contributed by atoms with Crippen molar-refractivity contribution in [2.45, 2.75) is 32.0 Å². The van der Waals surface area contributed by atoms with Crippen LogP contribution in [0.2, 0.25) is 0 Å². The largest absolute Gasteiger partial charge is 0.733 e. The summed E-state index contributed by atoms with van der Waals surface area (Å²) in [6.07, 6.45) is 6.80. The fourth-order valence-electron chi connectivity index (χ4n) is 2.07. The molecule has 1 aromatic heterocycles. The molecule has 0 fully saturated rings. The molecular formula is C11H16N3O3-. The van der Waals surface area contributed by atoms with Gasteiger partial charge in [0, 0.05) is 7.05 Å². The van der Waals surface area contributed by atoms with Gasteiger partial charge in [-0.25, -0.2) is 0 Å². The topological polar surface area (TPSA) is 73.6 Å². The number of nitrogens with zero attached hydrogens (tertiary/aromatic N) is 3. The minimum atomic E-state index is -0.230. The first-order valence-corrected chi connectivity index (χ1v) is 5.59. The van der Waals surface area contributed by atoms with Crippen LogP contribution >= 0.6 is 0 Å². The lowest BCUT2D eigenvalue weighted by atomic mass is 10.1. The van der Waals surface area contributed by atoms with E-state index in [-0.39, 0.29) is 23.1 Å². The summed E-state index contributed by atoms with van der Waals surface area (Å²) in [6.45, 7) is 1.94. The lowest BCUT2D eigenvalue weighted by Crippen LogP contribution is -2.17. The molecule has 2 heterocycles. The van der Waals surface area contributed by atoms with E-state index in [1.54, 1.807) is 11.7 Å². The molecule has 94 valence electrons. The molecule has 1 aliphatic heterocycles. The lowest BCUT2D eigenvalue weighted by Gasteiger charge is -2.26. The molecule has 1 N–H and O–H groups in total. The van der Waals surface area contributed by atoms with Crippen molar-refractivity contribution in [3.63, 3.8) is 0 Å². The molecule has 0 amide bonds. The normalized spacial score (nSPS) is 24.7. The van der Waals surface area contributed by atoms with Gasteiger partial charge in [-0.15, -0.1) is 0 Å². The lowest BCUT2D eigenvalue weighted by molar-refractivity contribution is 0.0162. The zero-order chi connectivity index (χ0) is 12.4. The second-order valence-corrected chi connectivity index (χ2v) is 4.15. The molecule has 0 spiro atoms. The van der Waals surface area contributed by atoms with Crippen LogP contribution < -0.4 is 5.23 Å². The van der Waals surface area contributed by atoms with E-state index >= 15 is 0 Å². The van der Waals surface area contributed by atoms with E-state index in [1.807, 2.05) is 13.0 Å². The molecule has 0 saturated heterocycles. The minimum absolute atomic E-state index is 0.0101. The highest BCUT2D eigenvalue weighted by Crippen LogP contribution is 2.33. The van der Waals surface area contributed by atoms with Crippen molar-refractivity contribution in [1.29, 1.82) is 0 Å². The molecule has 17 heavy (non-hydrogen) atoms. The van der Waals surface area contributed by atoms with Crippen LogP contribution in [0.5, 0.6) is 0 Å². The monoisotopic (exact) mass is 238 g/mol. The minimum Gasteiger partial charge on any atom is -0.733 e. The molecule has 0 bridgehead atoms. The number of hydrogen-bond acceptors (Lipinski definition) is 5. The maximum absolute atomic E-state index is 11.0. The smallest absolute Gasteiger partial charge is 0.102 e. The Kier molecular flexibility index (Phi) is 3.46. The third kappa shape index (κ3) is 2.49. The van der Waals surface area contributed by atoms with Crippen LogP contribution in [0.4, 0.5) is 5.69 Å². The van der Waals surface area contributed by atoms with Crippen molar-refractivity contribution in [2.75, 3.05) is 5.23 Å². The molecule has 6 heteroatoms. The predicted octanol–water partition coefficient (Wildman–Crippen LogP) is 1.91. The summed E-state index contributed by atoms with van der Waals surface area (Å²) in [5, 5.41) is 23.9. The van der Waals surface area contributed by atoms with E-state index in [2.05, 4.69) is 11.2 Å². The van der Waals surface area contributed by atoms with E-state index in [9.17, 15) is 5.21 Å². The number of rotatable bonds is 2. The van der Waals surface area contributed by atoms with Gasteiger partial charge in [-0.1, -0.05) is 12.2 Å². The van der Waals surface area contributed by atoms with Gasteiger partial charge in [0.1, 0.15) is 6.10 Å². The highest BCUT2D eigenvalue weighted by molar-refractivity contribution is 5.48. The average Bonchev–Trinajstić information content (AvgIpc) is 2.52. The van der Waals surface area contributed by atoms with Crippen LogP contribution in [0.25, 0.3) is 0 Å². The Morgan fingerprint density at radius 3 is 3.12 bits per heavy atom. The Hall–Kier alpha value is -1.37. The second-order valence-electron chi connectivity index (χ2n) is 4.15. The number of aryl methyl sites for hydroxylation is 1. The quantitative estimate of drug-likeness (QED) is 0.629. The van der Waals surface area contributed by atoms with Crippen molar-refractivity contribution in [3.8, 4) is 0 Å².